The zero-order valence-corrected chi connectivity index (χ0v) is 4.72. The van der Waals surface area contributed by atoms with Crippen molar-refractivity contribution in [3.05, 3.63) is 0 Å². The average molecular weight is 112 g/mol. The normalized spacial score (nSPS) is 28.2. The fraction of sp³-hybridized carbons (Fsp3) is 0.800. The fourth-order valence-corrected chi connectivity index (χ4v) is 0.877. The van der Waals surface area contributed by atoms with Gasteiger partial charge in [-0.05, 0) is 12.8 Å². The van der Waals surface area contributed by atoms with E-state index in [4.69, 9.17) is 11.1 Å². The first-order valence-electron chi connectivity index (χ1n) is 2.81. The van der Waals surface area contributed by atoms with Gasteiger partial charge in [0.15, 0.2) is 0 Å². The maximum absolute atomic E-state index is 6.98. The molecular weight excluding hydrogens is 102 g/mol. The number of rotatable bonds is 1. The van der Waals surface area contributed by atoms with Gasteiger partial charge in [-0.15, -0.1) is 0 Å². The number of nitrogens with two attached hydrogens (primary N) is 1. The molecule has 1 atom stereocenters. The van der Waals surface area contributed by atoms with Crippen molar-refractivity contribution in [2.45, 2.75) is 18.9 Å². The summed E-state index contributed by atoms with van der Waals surface area (Å²) >= 11 is 0. The maximum Gasteiger partial charge on any atom is 0.110 e. The standard InChI is InChI=1S/C5H10N3/c6-5(7)4-2-1-3-8-4/h4H,1-3H2,(H3,6,7). The van der Waals surface area contributed by atoms with E-state index in [1.54, 1.807) is 0 Å². The minimum absolute atomic E-state index is 0.0509. The van der Waals surface area contributed by atoms with Crippen LogP contribution in [0.15, 0.2) is 0 Å². The highest BCUT2D eigenvalue weighted by Gasteiger charge is 2.17. The molecule has 45 valence electrons. The SMILES string of the molecule is N=C(N)C1CCC[N]1. The van der Waals surface area contributed by atoms with Crippen LogP contribution in [0.5, 0.6) is 0 Å². The molecule has 0 saturated carbocycles. The molecule has 0 spiro atoms. The Labute approximate surface area is 48.8 Å². The molecule has 3 nitrogen and oxygen atoms in total. The second kappa shape index (κ2) is 2.13. The Bertz CT molecular complexity index is 93.8. The molecule has 0 aromatic carbocycles. The number of nitrogens with one attached hydrogen (secondary N) is 1. The molecular formula is C5H10N3. The number of hydrogen-bond acceptors (Lipinski definition) is 1. The van der Waals surface area contributed by atoms with Crippen molar-refractivity contribution in [1.29, 1.82) is 5.41 Å². The third-order valence-corrected chi connectivity index (χ3v) is 1.34. The predicted octanol–water partition coefficient (Wildman–Crippen LogP) is -0.311. The predicted molar refractivity (Wildman–Crippen MR) is 31.9 cm³/mol. The smallest absolute Gasteiger partial charge is 0.110 e. The summed E-state index contributed by atoms with van der Waals surface area (Å²) in [4.78, 5) is 0. The molecule has 1 rings (SSSR count). The van der Waals surface area contributed by atoms with Gasteiger partial charge < -0.3 is 5.73 Å². The summed E-state index contributed by atoms with van der Waals surface area (Å²) in [6.07, 6.45) is 2.08. The lowest BCUT2D eigenvalue weighted by molar-refractivity contribution is 0.737. The van der Waals surface area contributed by atoms with Crippen LogP contribution in [0.4, 0.5) is 0 Å². The quantitative estimate of drug-likeness (QED) is 0.354. The van der Waals surface area contributed by atoms with Crippen LogP contribution in [0.2, 0.25) is 0 Å². The monoisotopic (exact) mass is 112 g/mol. The summed E-state index contributed by atoms with van der Waals surface area (Å²) in [7, 11) is 0. The molecule has 0 aliphatic carbocycles. The van der Waals surface area contributed by atoms with E-state index >= 15 is 0 Å². The topological polar surface area (TPSA) is 64.0 Å². The summed E-state index contributed by atoms with van der Waals surface area (Å²) in [5.74, 6) is 0.225. The van der Waals surface area contributed by atoms with E-state index < -0.39 is 0 Å². The molecule has 1 heterocycles. The van der Waals surface area contributed by atoms with E-state index in [1.807, 2.05) is 0 Å². The summed E-state index contributed by atoms with van der Waals surface area (Å²) in [6, 6.07) is 0.0509. The van der Waals surface area contributed by atoms with Crippen LogP contribution < -0.4 is 11.1 Å². The highest BCUT2D eigenvalue weighted by Crippen LogP contribution is 2.05. The third kappa shape index (κ3) is 0.980. The Morgan fingerprint density at radius 3 is 2.75 bits per heavy atom. The van der Waals surface area contributed by atoms with Crippen molar-refractivity contribution in [2.24, 2.45) is 5.73 Å². The lowest BCUT2D eigenvalue weighted by Crippen LogP contribution is -2.31. The van der Waals surface area contributed by atoms with Gasteiger partial charge in [0.05, 0.1) is 6.04 Å². The molecule has 1 aliphatic rings. The summed E-state index contributed by atoms with van der Waals surface area (Å²) in [5.41, 5.74) is 5.19. The second-order valence-corrected chi connectivity index (χ2v) is 2.02. The van der Waals surface area contributed by atoms with Gasteiger partial charge in [0.2, 0.25) is 0 Å². The van der Waals surface area contributed by atoms with Crippen LogP contribution in [0.25, 0.3) is 0 Å². The molecule has 1 radical (unpaired) electrons. The van der Waals surface area contributed by atoms with Crippen LogP contribution in [-0.2, 0) is 0 Å². The minimum atomic E-state index is 0.0509. The van der Waals surface area contributed by atoms with E-state index in [2.05, 4.69) is 5.32 Å². The Morgan fingerprint density at radius 1 is 1.75 bits per heavy atom. The van der Waals surface area contributed by atoms with Gasteiger partial charge in [0, 0.05) is 6.54 Å². The molecule has 1 aliphatic heterocycles. The second-order valence-electron chi connectivity index (χ2n) is 2.02. The largest absolute Gasteiger partial charge is 0.386 e. The van der Waals surface area contributed by atoms with E-state index in [1.165, 1.54) is 0 Å². The number of nitrogens with zero attached hydrogens (tertiary/aromatic N) is 1. The van der Waals surface area contributed by atoms with Gasteiger partial charge in [-0.2, -0.15) is 0 Å². The summed E-state index contributed by atoms with van der Waals surface area (Å²) in [6.45, 7) is 0.893. The third-order valence-electron chi connectivity index (χ3n) is 1.34. The minimum Gasteiger partial charge on any atom is -0.386 e. The Hall–Kier alpha value is -0.570. The van der Waals surface area contributed by atoms with E-state index in [0.717, 1.165) is 19.4 Å². The van der Waals surface area contributed by atoms with Gasteiger partial charge in [-0.1, -0.05) is 0 Å². The molecule has 3 N–H and O–H groups in total. The van der Waals surface area contributed by atoms with Gasteiger partial charge in [0.1, 0.15) is 5.84 Å². The first-order valence-corrected chi connectivity index (χ1v) is 2.81. The lowest BCUT2D eigenvalue weighted by atomic mass is 10.2. The number of hydrogen-bond donors (Lipinski definition) is 2. The zero-order chi connectivity index (χ0) is 5.98. The van der Waals surface area contributed by atoms with Crippen molar-refractivity contribution in [3.8, 4) is 0 Å². The first-order chi connectivity index (χ1) is 3.80. The lowest BCUT2D eigenvalue weighted by Gasteiger charge is -2.02. The summed E-state index contributed by atoms with van der Waals surface area (Å²) in [5, 5.41) is 11.1. The van der Waals surface area contributed by atoms with Gasteiger partial charge >= 0.3 is 0 Å². The van der Waals surface area contributed by atoms with Crippen molar-refractivity contribution in [1.82, 2.24) is 5.32 Å². The number of amidine groups is 1. The molecule has 0 aromatic heterocycles. The van der Waals surface area contributed by atoms with Crippen molar-refractivity contribution < 1.29 is 0 Å². The van der Waals surface area contributed by atoms with Gasteiger partial charge in [0.25, 0.3) is 0 Å². The van der Waals surface area contributed by atoms with Crippen LogP contribution >= 0.6 is 0 Å². The molecule has 1 fully saturated rings. The molecule has 8 heavy (non-hydrogen) atoms. The maximum atomic E-state index is 6.98. The van der Waals surface area contributed by atoms with Crippen molar-refractivity contribution >= 4 is 5.84 Å². The van der Waals surface area contributed by atoms with Gasteiger partial charge in [-0.25, -0.2) is 5.32 Å². The highest BCUT2D eigenvalue weighted by molar-refractivity contribution is 5.82. The van der Waals surface area contributed by atoms with E-state index in [0.29, 0.717) is 0 Å². The Morgan fingerprint density at radius 2 is 2.50 bits per heavy atom. The molecule has 1 unspecified atom stereocenters. The fourth-order valence-electron chi connectivity index (χ4n) is 0.877. The Kier molecular flexibility index (Phi) is 1.48. The molecule has 3 heteroatoms. The van der Waals surface area contributed by atoms with Crippen molar-refractivity contribution in [3.63, 3.8) is 0 Å². The average Bonchev–Trinajstić information content (AvgIpc) is 2.12. The molecule has 0 aromatic rings. The summed E-state index contributed by atoms with van der Waals surface area (Å²) < 4.78 is 0. The first kappa shape index (κ1) is 5.56. The molecule has 1 saturated heterocycles. The van der Waals surface area contributed by atoms with Crippen LogP contribution in [0, 0.1) is 5.41 Å². The van der Waals surface area contributed by atoms with Crippen molar-refractivity contribution in [2.75, 3.05) is 6.54 Å². The zero-order valence-electron chi connectivity index (χ0n) is 4.72. The molecule has 0 bridgehead atoms. The molecule has 0 amide bonds. The van der Waals surface area contributed by atoms with Crippen LogP contribution in [0.3, 0.4) is 0 Å². The van der Waals surface area contributed by atoms with Crippen LogP contribution in [0.1, 0.15) is 12.8 Å². The Balaban J connectivity index is 2.35. The van der Waals surface area contributed by atoms with Crippen LogP contribution in [-0.4, -0.2) is 18.4 Å². The van der Waals surface area contributed by atoms with E-state index in [-0.39, 0.29) is 11.9 Å². The van der Waals surface area contributed by atoms with Gasteiger partial charge in [-0.3, -0.25) is 5.41 Å². The van der Waals surface area contributed by atoms with E-state index in [9.17, 15) is 0 Å². The highest BCUT2D eigenvalue weighted by atomic mass is 15.0.